The van der Waals surface area contributed by atoms with Gasteiger partial charge < -0.3 is 15.4 Å². The summed E-state index contributed by atoms with van der Waals surface area (Å²) < 4.78 is 32.8. The van der Waals surface area contributed by atoms with E-state index in [1.54, 1.807) is 12.1 Å². The second-order valence-electron chi connectivity index (χ2n) is 7.65. The van der Waals surface area contributed by atoms with Gasteiger partial charge in [-0.15, -0.1) is 0 Å². The van der Waals surface area contributed by atoms with E-state index in [0.717, 1.165) is 19.4 Å². The molecule has 8 heteroatoms. The Morgan fingerprint density at radius 1 is 1.15 bits per heavy atom. The van der Waals surface area contributed by atoms with E-state index in [1.807, 2.05) is 13.8 Å². The molecule has 7 nitrogen and oxygen atoms in total. The van der Waals surface area contributed by atoms with Gasteiger partial charge in [0, 0.05) is 30.7 Å². The van der Waals surface area contributed by atoms with Crippen LogP contribution in [0.4, 0.5) is 0 Å². The Hall–Kier alpha value is -1.48. The molecule has 1 aromatic carbocycles. The average molecular weight is 396 g/mol. The number of piperidine rings is 1. The monoisotopic (exact) mass is 395 g/mol. The van der Waals surface area contributed by atoms with Gasteiger partial charge in [-0.2, -0.15) is 4.31 Å². The number of amides is 1. The maximum absolute atomic E-state index is 12.9. The van der Waals surface area contributed by atoms with Gasteiger partial charge in [-0.05, 0) is 64.4 Å². The fourth-order valence-electron chi connectivity index (χ4n) is 3.79. The van der Waals surface area contributed by atoms with Crippen LogP contribution in [0.25, 0.3) is 0 Å². The van der Waals surface area contributed by atoms with E-state index in [2.05, 4.69) is 17.6 Å². The second-order valence-corrected chi connectivity index (χ2v) is 9.59. The van der Waals surface area contributed by atoms with Gasteiger partial charge in [0.25, 0.3) is 5.91 Å². The van der Waals surface area contributed by atoms with Crippen LogP contribution in [0.15, 0.2) is 29.2 Å². The molecule has 1 aromatic rings. The molecule has 2 N–H and O–H groups in total. The Kier molecular flexibility index (Phi) is 6.20. The van der Waals surface area contributed by atoms with E-state index in [4.69, 9.17) is 4.74 Å². The summed E-state index contributed by atoms with van der Waals surface area (Å²) in [7, 11) is -3.59. The van der Waals surface area contributed by atoms with Crippen molar-refractivity contribution in [2.24, 2.45) is 0 Å². The predicted octanol–water partition coefficient (Wildman–Crippen LogP) is 1.35. The maximum atomic E-state index is 12.9. The molecule has 2 aliphatic rings. The van der Waals surface area contributed by atoms with E-state index < -0.39 is 10.0 Å². The number of sulfonamides is 1. The van der Waals surface area contributed by atoms with Gasteiger partial charge in [0.2, 0.25) is 10.0 Å². The third-order valence-corrected chi connectivity index (χ3v) is 6.95. The molecule has 2 aliphatic heterocycles. The molecule has 4 unspecified atom stereocenters. The summed E-state index contributed by atoms with van der Waals surface area (Å²) in [6.45, 7) is 7.40. The summed E-state index contributed by atoms with van der Waals surface area (Å²) in [4.78, 5) is 12.7. The van der Waals surface area contributed by atoms with Crippen LogP contribution < -0.4 is 10.6 Å². The lowest BCUT2D eigenvalue weighted by Gasteiger charge is -2.34. The summed E-state index contributed by atoms with van der Waals surface area (Å²) in [5.41, 5.74) is 0.476. The van der Waals surface area contributed by atoms with E-state index in [1.165, 1.54) is 16.4 Å². The molecular formula is C19H29N3O4S. The highest BCUT2D eigenvalue weighted by molar-refractivity contribution is 7.89. The number of nitrogens with one attached hydrogen (secondary N) is 2. The van der Waals surface area contributed by atoms with Crippen LogP contribution in [0.1, 0.15) is 44.0 Å². The lowest BCUT2D eigenvalue weighted by atomic mass is 10.0. The summed E-state index contributed by atoms with van der Waals surface area (Å²) in [6.07, 6.45) is 1.52. The molecule has 0 aliphatic carbocycles. The van der Waals surface area contributed by atoms with Gasteiger partial charge in [0.15, 0.2) is 0 Å². The topological polar surface area (TPSA) is 87.7 Å². The van der Waals surface area contributed by atoms with Crippen LogP contribution in [0, 0.1) is 0 Å². The zero-order chi connectivity index (χ0) is 19.6. The first-order chi connectivity index (χ1) is 12.8. The highest BCUT2D eigenvalue weighted by atomic mass is 32.2. The minimum absolute atomic E-state index is 0.138. The molecule has 2 fully saturated rings. The minimum atomic E-state index is -3.59. The third kappa shape index (κ3) is 4.87. The van der Waals surface area contributed by atoms with Gasteiger partial charge in [-0.3, -0.25) is 4.79 Å². The van der Waals surface area contributed by atoms with Crippen molar-refractivity contribution in [3.05, 3.63) is 29.8 Å². The number of hydrogen-bond donors (Lipinski definition) is 2. The van der Waals surface area contributed by atoms with Crippen molar-refractivity contribution in [3.8, 4) is 0 Å². The standard InChI is InChI=1S/C19H29N3O4S/c1-13-10-17(8-9-20-13)21-19(23)16-4-6-18(7-5-16)27(24,25)22-11-14(2)26-15(3)12-22/h4-7,13-15,17,20H,8-12H2,1-3H3,(H,21,23). The van der Waals surface area contributed by atoms with E-state index in [-0.39, 0.29) is 29.1 Å². The Labute approximate surface area is 161 Å². The van der Waals surface area contributed by atoms with Crippen molar-refractivity contribution >= 4 is 15.9 Å². The minimum Gasteiger partial charge on any atom is -0.373 e. The largest absolute Gasteiger partial charge is 0.373 e. The quantitative estimate of drug-likeness (QED) is 0.804. The smallest absolute Gasteiger partial charge is 0.251 e. The van der Waals surface area contributed by atoms with E-state index >= 15 is 0 Å². The van der Waals surface area contributed by atoms with Crippen molar-refractivity contribution in [1.29, 1.82) is 0 Å². The first kappa shape index (κ1) is 20.3. The number of benzene rings is 1. The van der Waals surface area contributed by atoms with Crippen LogP contribution in [0.5, 0.6) is 0 Å². The number of rotatable bonds is 4. The van der Waals surface area contributed by atoms with Gasteiger partial charge in [-0.25, -0.2) is 8.42 Å². The number of carbonyl (C=O) groups is 1. The van der Waals surface area contributed by atoms with Crippen molar-refractivity contribution in [1.82, 2.24) is 14.9 Å². The van der Waals surface area contributed by atoms with Crippen LogP contribution in [-0.4, -0.2) is 62.6 Å². The Morgan fingerprint density at radius 2 is 1.78 bits per heavy atom. The highest BCUT2D eigenvalue weighted by Gasteiger charge is 2.32. The molecule has 27 heavy (non-hydrogen) atoms. The fraction of sp³-hybridized carbons (Fsp3) is 0.632. The molecule has 0 radical (unpaired) electrons. The number of ether oxygens (including phenoxy) is 1. The molecule has 0 saturated carbocycles. The van der Waals surface area contributed by atoms with Crippen molar-refractivity contribution < 1.29 is 17.9 Å². The summed E-state index contributed by atoms with van der Waals surface area (Å²) in [5, 5.41) is 6.40. The first-order valence-electron chi connectivity index (χ1n) is 9.55. The van der Waals surface area contributed by atoms with E-state index in [9.17, 15) is 13.2 Å². The number of nitrogens with zero attached hydrogens (tertiary/aromatic N) is 1. The molecule has 0 aromatic heterocycles. The molecule has 0 spiro atoms. The fourth-order valence-corrected chi connectivity index (χ4v) is 5.38. The number of carbonyl (C=O) groups excluding carboxylic acids is 1. The Bertz CT molecular complexity index is 756. The molecule has 2 saturated heterocycles. The van der Waals surface area contributed by atoms with Crippen LogP contribution in [0.3, 0.4) is 0 Å². The molecule has 2 heterocycles. The zero-order valence-corrected chi connectivity index (χ0v) is 17.0. The normalized spacial score (nSPS) is 30.0. The lowest BCUT2D eigenvalue weighted by Crippen LogP contribution is -2.48. The summed E-state index contributed by atoms with van der Waals surface area (Å²) >= 11 is 0. The molecule has 150 valence electrons. The van der Waals surface area contributed by atoms with Crippen LogP contribution >= 0.6 is 0 Å². The zero-order valence-electron chi connectivity index (χ0n) is 16.1. The van der Waals surface area contributed by atoms with Crippen molar-refractivity contribution in [2.75, 3.05) is 19.6 Å². The van der Waals surface area contributed by atoms with Crippen molar-refractivity contribution in [3.63, 3.8) is 0 Å². The van der Waals surface area contributed by atoms with Gasteiger partial charge in [-0.1, -0.05) is 0 Å². The molecule has 4 atom stereocenters. The highest BCUT2D eigenvalue weighted by Crippen LogP contribution is 2.21. The molecular weight excluding hydrogens is 366 g/mol. The number of morpholine rings is 1. The van der Waals surface area contributed by atoms with Crippen LogP contribution in [0.2, 0.25) is 0 Å². The molecule has 0 bridgehead atoms. The Morgan fingerprint density at radius 3 is 2.37 bits per heavy atom. The average Bonchev–Trinajstić information content (AvgIpc) is 2.61. The third-order valence-electron chi connectivity index (χ3n) is 5.10. The lowest BCUT2D eigenvalue weighted by molar-refractivity contribution is -0.0440. The Balaban J connectivity index is 1.68. The van der Waals surface area contributed by atoms with Gasteiger partial charge >= 0.3 is 0 Å². The van der Waals surface area contributed by atoms with E-state index in [0.29, 0.717) is 24.7 Å². The van der Waals surface area contributed by atoms with Crippen molar-refractivity contribution in [2.45, 2.75) is 62.8 Å². The predicted molar refractivity (Wildman–Crippen MR) is 103 cm³/mol. The van der Waals surface area contributed by atoms with Gasteiger partial charge in [0.05, 0.1) is 17.1 Å². The second kappa shape index (κ2) is 8.26. The maximum Gasteiger partial charge on any atom is 0.251 e. The summed E-state index contributed by atoms with van der Waals surface area (Å²) in [5.74, 6) is -0.160. The first-order valence-corrected chi connectivity index (χ1v) is 11.0. The number of hydrogen-bond acceptors (Lipinski definition) is 5. The van der Waals surface area contributed by atoms with Gasteiger partial charge in [0.1, 0.15) is 0 Å². The SMILES string of the molecule is CC1CC(NC(=O)c2ccc(S(=O)(=O)N3CC(C)OC(C)C3)cc2)CCN1. The summed E-state index contributed by atoms with van der Waals surface area (Å²) in [6, 6.07) is 6.73. The van der Waals surface area contributed by atoms with Crippen LogP contribution in [-0.2, 0) is 14.8 Å². The molecule has 3 rings (SSSR count). The molecule has 1 amide bonds.